The van der Waals surface area contributed by atoms with Crippen molar-refractivity contribution in [3.05, 3.63) is 97.8 Å². The highest BCUT2D eigenvalue weighted by Crippen LogP contribution is 2.40. The SMILES string of the molecule is COc1ccc([C@H]2C(C(=O)Nc3ccccc3)=C(C)Nc3c2c(=O)n(C)c(=O)n3C)cc1. The maximum atomic E-state index is 13.4. The molecule has 0 unspecified atom stereocenters. The zero-order valence-corrected chi connectivity index (χ0v) is 18.3. The molecule has 1 aliphatic heterocycles. The van der Waals surface area contributed by atoms with E-state index in [1.54, 1.807) is 45.3 Å². The number of aromatic nitrogens is 2. The van der Waals surface area contributed by atoms with Gasteiger partial charge in [-0.15, -0.1) is 0 Å². The van der Waals surface area contributed by atoms with Crippen molar-refractivity contribution in [2.24, 2.45) is 14.1 Å². The van der Waals surface area contributed by atoms with E-state index in [0.717, 1.165) is 10.1 Å². The van der Waals surface area contributed by atoms with Gasteiger partial charge >= 0.3 is 5.69 Å². The molecule has 0 spiro atoms. The van der Waals surface area contributed by atoms with Crippen LogP contribution in [-0.4, -0.2) is 22.2 Å². The number of carbonyl (C=O) groups excluding carboxylic acids is 1. The summed E-state index contributed by atoms with van der Waals surface area (Å²) < 4.78 is 7.71. The van der Waals surface area contributed by atoms with Crippen molar-refractivity contribution in [3.63, 3.8) is 0 Å². The number of para-hydroxylation sites is 1. The van der Waals surface area contributed by atoms with E-state index in [2.05, 4.69) is 10.6 Å². The predicted molar refractivity (Wildman–Crippen MR) is 123 cm³/mol. The third-order valence-corrected chi connectivity index (χ3v) is 5.71. The standard InChI is InChI=1S/C24H24N4O4/c1-14-18(22(29)26-16-8-6-5-7-9-16)19(15-10-12-17(32-4)13-11-15)20-21(25-14)27(2)24(31)28(3)23(20)30/h5-13,19,25H,1-4H3,(H,26,29)/t19-/m0/s1. The van der Waals surface area contributed by atoms with E-state index in [4.69, 9.17) is 4.74 Å². The number of rotatable bonds is 4. The first-order valence-electron chi connectivity index (χ1n) is 10.1. The number of nitrogens with zero attached hydrogens (tertiary/aromatic N) is 2. The van der Waals surface area contributed by atoms with Crippen LogP contribution in [0, 0.1) is 0 Å². The summed E-state index contributed by atoms with van der Waals surface area (Å²) in [5.74, 6) is 0.0369. The number of methoxy groups -OCH3 is 1. The molecule has 1 aromatic heterocycles. The summed E-state index contributed by atoms with van der Waals surface area (Å²) in [5, 5.41) is 6.04. The quantitative estimate of drug-likeness (QED) is 0.661. The molecular weight excluding hydrogens is 408 g/mol. The van der Waals surface area contributed by atoms with Gasteiger partial charge in [-0.25, -0.2) is 4.79 Å². The van der Waals surface area contributed by atoms with Gasteiger partial charge in [0, 0.05) is 31.1 Å². The maximum Gasteiger partial charge on any atom is 0.332 e. The lowest BCUT2D eigenvalue weighted by atomic mass is 9.81. The third kappa shape index (κ3) is 3.49. The van der Waals surface area contributed by atoms with Gasteiger partial charge in [0.1, 0.15) is 11.6 Å². The molecule has 3 aromatic rings. The first-order valence-corrected chi connectivity index (χ1v) is 10.1. The van der Waals surface area contributed by atoms with Crippen molar-refractivity contribution in [2.75, 3.05) is 17.7 Å². The number of amides is 1. The van der Waals surface area contributed by atoms with Gasteiger partial charge in [-0.05, 0) is 36.8 Å². The summed E-state index contributed by atoms with van der Waals surface area (Å²) in [6.45, 7) is 1.77. The van der Waals surface area contributed by atoms with Crippen LogP contribution in [0.5, 0.6) is 5.75 Å². The first-order chi connectivity index (χ1) is 15.3. The van der Waals surface area contributed by atoms with Crippen molar-refractivity contribution in [1.29, 1.82) is 0 Å². The molecule has 0 bridgehead atoms. The van der Waals surface area contributed by atoms with E-state index in [0.29, 0.717) is 34.1 Å². The molecule has 0 saturated heterocycles. The zero-order valence-electron chi connectivity index (χ0n) is 18.3. The summed E-state index contributed by atoms with van der Waals surface area (Å²) in [5.41, 5.74) is 1.79. The van der Waals surface area contributed by atoms with Gasteiger partial charge in [-0.1, -0.05) is 30.3 Å². The topological polar surface area (TPSA) is 94.4 Å². The largest absolute Gasteiger partial charge is 0.497 e. The number of benzene rings is 2. The van der Waals surface area contributed by atoms with Crippen LogP contribution in [0.15, 0.2) is 75.5 Å². The van der Waals surface area contributed by atoms with Crippen molar-refractivity contribution < 1.29 is 9.53 Å². The molecule has 4 rings (SSSR count). The minimum atomic E-state index is -0.675. The summed E-state index contributed by atoms with van der Waals surface area (Å²) in [6.07, 6.45) is 0. The van der Waals surface area contributed by atoms with E-state index in [-0.39, 0.29) is 5.91 Å². The van der Waals surface area contributed by atoms with Gasteiger partial charge in [0.2, 0.25) is 0 Å². The Balaban J connectivity index is 1.93. The second-order valence-electron chi connectivity index (χ2n) is 7.66. The first kappa shape index (κ1) is 21.2. The molecule has 164 valence electrons. The van der Waals surface area contributed by atoms with Crippen LogP contribution in [0.3, 0.4) is 0 Å². The third-order valence-electron chi connectivity index (χ3n) is 5.71. The van der Waals surface area contributed by atoms with E-state index < -0.39 is 17.2 Å². The lowest BCUT2D eigenvalue weighted by molar-refractivity contribution is -0.113. The summed E-state index contributed by atoms with van der Waals surface area (Å²) >= 11 is 0. The Morgan fingerprint density at radius 1 is 1.00 bits per heavy atom. The Morgan fingerprint density at radius 2 is 1.66 bits per heavy atom. The number of fused-ring (bicyclic) bond motifs is 1. The van der Waals surface area contributed by atoms with Gasteiger partial charge in [-0.2, -0.15) is 0 Å². The lowest BCUT2D eigenvalue weighted by Gasteiger charge is -2.31. The molecule has 32 heavy (non-hydrogen) atoms. The Morgan fingerprint density at radius 3 is 2.28 bits per heavy atom. The van der Waals surface area contributed by atoms with Crippen LogP contribution in [0.1, 0.15) is 24.0 Å². The zero-order chi connectivity index (χ0) is 23.0. The molecular formula is C24H24N4O4. The highest BCUT2D eigenvalue weighted by atomic mass is 16.5. The molecule has 0 fully saturated rings. The number of allylic oxidation sites excluding steroid dienone is 1. The van der Waals surface area contributed by atoms with Gasteiger partial charge in [0.05, 0.1) is 18.6 Å². The Kier molecular flexibility index (Phi) is 5.44. The smallest absolute Gasteiger partial charge is 0.332 e. The molecule has 2 N–H and O–H groups in total. The summed E-state index contributed by atoms with van der Waals surface area (Å²) in [6, 6.07) is 16.3. The molecule has 1 amide bonds. The van der Waals surface area contributed by atoms with Crippen molar-refractivity contribution in [2.45, 2.75) is 12.8 Å². The van der Waals surface area contributed by atoms with Gasteiger partial charge in [0.25, 0.3) is 11.5 Å². The van der Waals surface area contributed by atoms with Crippen LogP contribution >= 0.6 is 0 Å². The fourth-order valence-corrected chi connectivity index (χ4v) is 4.04. The van der Waals surface area contributed by atoms with Gasteiger partial charge in [-0.3, -0.25) is 18.7 Å². The normalized spacial score (nSPS) is 15.1. The van der Waals surface area contributed by atoms with Crippen LogP contribution < -0.4 is 26.6 Å². The molecule has 8 heteroatoms. The maximum absolute atomic E-state index is 13.4. The Hall–Kier alpha value is -4.07. The molecule has 1 aliphatic rings. The van der Waals surface area contributed by atoms with Gasteiger partial charge < -0.3 is 15.4 Å². The Bertz CT molecular complexity index is 1340. The fraction of sp³-hybridized carbons (Fsp3) is 0.208. The Labute approximate surface area is 184 Å². The number of hydrogen-bond acceptors (Lipinski definition) is 5. The molecule has 2 heterocycles. The van der Waals surface area contributed by atoms with E-state index >= 15 is 0 Å². The molecule has 0 radical (unpaired) electrons. The molecule has 1 atom stereocenters. The fourth-order valence-electron chi connectivity index (χ4n) is 4.04. The van der Waals surface area contributed by atoms with Crippen LogP contribution in [-0.2, 0) is 18.9 Å². The molecule has 0 saturated carbocycles. The molecule has 2 aromatic carbocycles. The lowest BCUT2D eigenvalue weighted by Crippen LogP contribution is -2.43. The van der Waals surface area contributed by atoms with Crippen LogP contribution in [0.4, 0.5) is 11.5 Å². The van der Waals surface area contributed by atoms with Crippen LogP contribution in [0.25, 0.3) is 0 Å². The number of carbonyl (C=O) groups is 1. The minimum Gasteiger partial charge on any atom is -0.497 e. The van der Waals surface area contributed by atoms with E-state index in [1.165, 1.54) is 11.6 Å². The van der Waals surface area contributed by atoms with Crippen molar-refractivity contribution in [3.8, 4) is 5.75 Å². The number of nitrogens with one attached hydrogen (secondary N) is 2. The van der Waals surface area contributed by atoms with Crippen molar-refractivity contribution >= 4 is 17.4 Å². The average Bonchev–Trinajstić information content (AvgIpc) is 2.81. The molecule has 0 aliphatic carbocycles. The molecule has 8 nitrogen and oxygen atoms in total. The second-order valence-corrected chi connectivity index (χ2v) is 7.66. The van der Waals surface area contributed by atoms with Crippen molar-refractivity contribution in [1.82, 2.24) is 9.13 Å². The number of ether oxygens (including phenoxy) is 1. The number of hydrogen-bond donors (Lipinski definition) is 2. The van der Waals surface area contributed by atoms with Crippen LogP contribution in [0.2, 0.25) is 0 Å². The number of anilines is 2. The van der Waals surface area contributed by atoms with E-state index in [1.807, 2.05) is 30.3 Å². The minimum absolute atomic E-state index is 0.330. The van der Waals surface area contributed by atoms with E-state index in [9.17, 15) is 14.4 Å². The highest BCUT2D eigenvalue weighted by Gasteiger charge is 2.36. The highest BCUT2D eigenvalue weighted by molar-refractivity contribution is 6.07. The predicted octanol–water partition coefficient (Wildman–Crippen LogP) is 2.56. The van der Waals surface area contributed by atoms with Gasteiger partial charge in [0.15, 0.2) is 0 Å². The average molecular weight is 432 g/mol. The summed E-state index contributed by atoms with van der Waals surface area (Å²) in [4.78, 5) is 39.2. The second kappa shape index (κ2) is 8.22. The monoisotopic (exact) mass is 432 g/mol. The summed E-state index contributed by atoms with van der Waals surface area (Å²) in [7, 11) is 4.61.